The van der Waals surface area contributed by atoms with Crippen LogP contribution in [0.3, 0.4) is 0 Å². The molecule has 2 aromatic carbocycles. The number of hydrogen-bond donors (Lipinski definition) is 0. The zero-order valence-electron chi connectivity index (χ0n) is 11.4. The lowest BCUT2D eigenvalue weighted by molar-refractivity contribution is -0.115. The van der Waals surface area contributed by atoms with Gasteiger partial charge in [-0.2, -0.15) is 0 Å². The Bertz CT molecular complexity index is 721. The molecule has 0 spiro atoms. The van der Waals surface area contributed by atoms with Gasteiger partial charge in [-0.15, -0.1) is 0 Å². The van der Waals surface area contributed by atoms with Crippen LogP contribution in [0.5, 0.6) is 0 Å². The number of ketones is 1. The zero-order valence-corrected chi connectivity index (χ0v) is 15.1. The van der Waals surface area contributed by atoms with Crippen molar-refractivity contribution in [2.45, 2.75) is 18.8 Å². The number of halogens is 2. The molecule has 0 radical (unpaired) electrons. The molecule has 0 saturated heterocycles. The average Bonchev–Trinajstić information content (AvgIpc) is 2.47. The van der Waals surface area contributed by atoms with Gasteiger partial charge in [-0.05, 0) is 69.8 Å². The van der Waals surface area contributed by atoms with E-state index in [0.29, 0.717) is 6.42 Å². The maximum absolute atomic E-state index is 12.2. The lowest BCUT2D eigenvalue weighted by Crippen LogP contribution is -2.13. The van der Waals surface area contributed by atoms with Crippen molar-refractivity contribution in [3.63, 3.8) is 0 Å². The van der Waals surface area contributed by atoms with Crippen LogP contribution in [0.1, 0.15) is 29.9 Å². The normalized spacial score (nSPS) is 18.5. The third-order valence-electron chi connectivity index (χ3n) is 3.81. The highest BCUT2D eigenvalue weighted by Crippen LogP contribution is 2.39. The smallest absolute Gasteiger partial charge is 0.156 e. The number of carbonyl (C=O) groups is 1. The fraction of sp³-hybridized carbons (Fsp3) is 0.167. The van der Waals surface area contributed by atoms with Crippen LogP contribution in [0.15, 0.2) is 59.1 Å². The Labute approximate surface area is 146 Å². The molecule has 0 aliphatic heterocycles. The van der Waals surface area contributed by atoms with E-state index in [2.05, 4.69) is 62.8 Å². The molecule has 1 unspecified atom stereocenters. The Morgan fingerprint density at radius 1 is 1.00 bits per heavy atom. The summed E-state index contributed by atoms with van der Waals surface area (Å²) in [6.45, 7) is 0. The lowest BCUT2D eigenvalue weighted by atomic mass is 9.81. The third-order valence-corrected chi connectivity index (χ3v) is 5.49. The van der Waals surface area contributed by atoms with E-state index in [1.54, 1.807) is 0 Å². The van der Waals surface area contributed by atoms with Crippen molar-refractivity contribution in [3.05, 3.63) is 73.8 Å². The standard InChI is InChI=1S/C18H14BrIO/c19-17-7-3-1-5-15(17)12-9-13(11-14(21)10-12)16-6-2-4-8-18(16)20/h1-8,10,13H,9,11H2. The Morgan fingerprint density at radius 3 is 2.48 bits per heavy atom. The van der Waals surface area contributed by atoms with Crippen LogP contribution in [0, 0.1) is 3.57 Å². The SMILES string of the molecule is O=C1C=C(c2ccccc2Br)CC(c2ccccc2I)C1. The van der Waals surface area contributed by atoms with Crippen molar-refractivity contribution in [2.75, 3.05) is 0 Å². The van der Waals surface area contributed by atoms with E-state index in [9.17, 15) is 4.79 Å². The topological polar surface area (TPSA) is 17.1 Å². The zero-order chi connectivity index (χ0) is 14.8. The number of rotatable bonds is 2. The average molecular weight is 453 g/mol. The van der Waals surface area contributed by atoms with Gasteiger partial charge in [0.25, 0.3) is 0 Å². The first-order valence-corrected chi connectivity index (χ1v) is 8.75. The summed E-state index contributed by atoms with van der Waals surface area (Å²) >= 11 is 5.95. The van der Waals surface area contributed by atoms with E-state index < -0.39 is 0 Å². The van der Waals surface area contributed by atoms with E-state index >= 15 is 0 Å². The largest absolute Gasteiger partial charge is 0.295 e. The molecule has 0 bridgehead atoms. The van der Waals surface area contributed by atoms with E-state index in [1.165, 1.54) is 9.13 Å². The molecule has 0 fully saturated rings. The van der Waals surface area contributed by atoms with Crippen LogP contribution < -0.4 is 0 Å². The molecule has 1 aliphatic carbocycles. The minimum absolute atomic E-state index is 0.219. The van der Waals surface area contributed by atoms with E-state index in [-0.39, 0.29) is 11.7 Å². The number of benzene rings is 2. The van der Waals surface area contributed by atoms with Gasteiger partial charge >= 0.3 is 0 Å². The van der Waals surface area contributed by atoms with Crippen molar-refractivity contribution in [3.8, 4) is 0 Å². The van der Waals surface area contributed by atoms with Crippen LogP contribution in [0.2, 0.25) is 0 Å². The van der Waals surface area contributed by atoms with Crippen LogP contribution in [-0.2, 0) is 4.79 Å². The van der Waals surface area contributed by atoms with Crippen molar-refractivity contribution < 1.29 is 4.79 Å². The van der Waals surface area contributed by atoms with E-state index in [1.807, 2.05) is 30.3 Å². The number of carbonyl (C=O) groups excluding carboxylic acids is 1. The van der Waals surface area contributed by atoms with Crippen LogP contribution in [0.25, 0.3) is 5.57 Å². The minimum Gasteiger partial charge on any atom is -0.295 e. The van der Waals surface area contributed by atoms with Gasteiger partial charge in [0.05, 0.1) is 0 Å². The maximum Gasteiger partial charge on any atom is 0.156 e. The molecular weight excluding hydrogens is 439 g/mol. The van der Waals surface area contributed by atoms with E-state index in [0.717, 1.165) is 22.0 Å². The summed E-state index contributed by atoms with van der Waals surface area (Å²) in [5.41, 5.74) is 3.54. The Hall–Kier alpha value is -0.940. The molecule has 0 N–H and O–H groups in total. The number of allylic oxidation sites excluding steroid dienone is 2. The second kappa shape index (κ2) is 6.44. The highest BCUT2D eigenvalue weighted by atomic mass is 127. The van der Waals surface area contributed by atoms with Gasteiger partial charge in [-0.3, -0.25) is 4.79 Å². The Balaban J connectivity index is 1.97. The molecule has 1 atom stereocenters. The van der Waals surface area contributed by atoms with E-state index in [4.69, 9.17) is 0 Å². The van der Waals surface area contributed by atoms with Gasteiger partial charge in [0.2, 0.25) is 0 Å². The van der Waals surface area contributed by atoms with Crippen LogP contribution in [-0.4, -0.2) is 5.78 Å². The lowest BCUT2D eigenvalue weighted by Gasteiger charge is -2.24. The molecule has 3 rings (SSSR count). The summed E-state index contributed by atoms with van der Waals surface area (Å²) in [5, 5.41) is 0. The molecule has 106 valence electrons. The summed E-state index contributed by atoms with van der Waals surface area (Å²) < 4.78 is 2.29. The Morgan fingerprint density at radius 2 is 1.71 bits per heavy atom. The molecular formula is C18H14BrIO. The maximum atomic E-state index is 12.2. The van der Waals surface area contributed by atoms with Crippen LogP contribution >= 0.6 is 38.5 Å². The summed E-state index contributed by atoms with van der Waals surface area (Å²) in [4.78, 5) is 12.2. The van der Waals surface area contributed by atoms with Gasteiger partial charge in [-0.25, -0.2) is 0 Å². The summed E-state index contributed by atoms with van der Waals surface area (Å²) in [6, 6.07) is 16.5. The molecule has 3 heteroatoms. The highest BCUT2D eigenvalue weighted by molar-refractivity contribution is 14.1. The molecule has 1 nitrogen and oxygen atoms in total. The van der Waals surface area contributed by atoms with Crippen molar-refractivity contribution >= 4 is 49.9 Å². The molecule has 2 aromatic rings. The fourth-order valence-corrected chi connectivity index (χ4v) is 4.20. The molecule has 0 saturated carbocycles. The predicted molar refractivity (Wildman–Crippen MR) is 98.3 cm³/mol. The molecule has 21 heavy (non-hydrogen) atoms. The second-order valence-corrected chi connectivity index (χ2v) is 7.26. The molecule has 0 heterocycles. The van der Waals surface area contributed by atoms with Gasteiger partial charge in [0.1, 0.15) is 0 Å². The quantitative estimate of drug-likeness (QED) is 0.543. The van der Waals surface area contributed by atoms with Gasteiger partial charge < -0.3 is 0 Å². The van der Waals surface area contributed by atoms with Gasteiger partial charge in [0.15, 0.2) is 5.78 Å². The van der Waals surface area contributed by atoms with Crippen molar-refractivity contribution in [2.24, 2.45) is 0 Å². The minimum atomic E-state index is 0.219. The predicted octanol–water partition coefficient (Wildman–Crippen LogP) is 5.58. The fourth-order valence-electron chi connectivity index (χ4n) is 2.83. The third kappa shape index (κ3) is 3.29. The first-order chi connectivity index (χ1) is 10.1. The van der Waals surface area contributed by atoms with Crippen molar-refractivity contribution in [1.82, 2.24) is 0 Å². The summed E-state index contributed by atoms with van der Waals surface area (Å²) in [6.07, 6.45) is 3.33. The number of hydrogen-bond acceptors (Lipinski definition) is 1. The van der Waals surface area contributed by atoms with Gasteiger partial charge in [0, 0.05) is 14.5 Å². The monoisotopic (exact) mass is 452 g/mol. The molecule has 0 amide bonds. The summed E-state index contributed by atoms with van der Waals surface area (Å²) in [5.74, 6) is 0.495. The highest BCUT2D eigenvalue weighted by Gasteiger charge is 2.24. The second-order valence-electron chi connectivity index (χ2n) is 5.24. The first kappa shape index (κ1) is 15.0. The Kier molecular flexibility index (Phi) is 4.60. The molecule has 0 aromatic heterocycles. The first-order valence-electron chi connectivity index (χ1n) is 6.88. The van der Waals surface area contributed by atoms with Crippen molar-refractivity contribution in [1.29, 1.82) is 0 Å². The molecule has 1 aliphatic rings. The summed E-state index contributed by atoms with van der Waals surface area (Å²) in [7, 11) is 0. The van der Waals surface area contributed by atoms with Crippen LogP contribution in [0.4, 0.5) is 0 Å². The van der Waals surface area contributed by atoms with Gasteiger partial charge in [-0.1, -0.05) is 52.3 Å².